The highest BCUT2D eigenvalue weighted by atomic mass is 19.1. The molecule has 1 aromatic carbocycles. The molecule has 1 saturated carbocycles. The van der Waals surface area contributed by atoms with E-state index < -0.39 is 0 Å². The molecule has 0 spiro atoms. The van der Waals surface area contributed by atoms with Gasteiger partial charge in [-0.1, -0.05) is 0 Å². The summed E-state index contributed by atoms with van der Waals surface area (Å²) in [6.45, 7) is 0. The van der Waals surface area contributed by atoms with Gasteiger partial charge in [-0.15, -0.1) is 0 Å². The third-order valence-corrected chi connectivity index (χ3v) is 3.11. The summed E-state index contributed by atoms with van der Waals surface area (Å²) >= 11 is 0. The highest BCUT2D eigenvalue weighted by molar-refractivity contribution is 5.70. The number of hydrogen-bond donors (Lipinski definition) is 2. The Bertz CT molecular complexity index is 643. The van der Waals surface area contributed by atoms with Crippen molar-refractivity contribution in [3.63, 3.8) is 0 Å². The molecule has 1 heterocycles. The predicted octanol–water partition coefficient (Wildman–Crippen LogP) is 2.45. The van der Waals surface area contributed by atoms with Crippen LogP contribution in [-0.4, -0.2) is 23.1 Å². The van der Waals surface area contributed by atoms with E-state index in [0.29, 0.717) is 28.9 Å². The van der Waals surface area contributed by atoms with Crippen molar-refractivity contribution in [1.82, 2.24) is 9.97 Å². The maximum Gasteiger partial charge on any atom is 0.222 e. The second-order valence-electron chi connectivity index (χ2n) is 4.76. The van der Waals surface area contributed by atoms with Crippen LogP contribution < -0.4 is 15.8 Å². The molecule has 0 saturated heterocycles. The molecule has 1 fully saturated rings. The summed E-state index contributed by atoms with van der Waals surface area (Å²) in [7, 11) is 1.53. The monoisotopic (exact) mass is 274 g/mol. The van der Waals surface area contributed by atoms with Gasteiger partial charge >= 0.3 is 0 Å². The van der Waals surface area contributed by atoms with E-state index in [1.165, 1.54) is 19.2 Å². The minimum atomic E-state index is -0.352. The predicted molar refractivity (Wildman–Crippen MR) is 75.0 cm³/mol. The second kappa shape index (κ2) is 4.96. The number of anilines is 2. The number of rotatable bonds is 4. The van der Waals surface area contributed by atoms with Crippen LogP contribution >= 0.6 is 0 Å². The number of benzene rings is 1. The Labute approximate surface area is 116 Å². The standard InChI is InChI=1S/C14H15FN4O/c1-20-12-5-2-8(15)6-10(12)11-7-13(17-9-3-4-9)19-14(16)18-11/h2,5-7,9H,3-4H2,1H3,(H3,16,17,18,19). The number of ether oxygens (including phenoxy) is 1. The first-order valence-corrected chi connectivity index (χ1v) is 6.41. The van der Waals surface area contributed by atoms with Crippen molar-refractivity contribution in [3.05, 3.63) is 30.1 Å². The van der Waals surface area contributed by atoms with E-state index in [1.807, 2.05) is 0 Å². The molecule has 0 aliphatic heterocycles. The fourth-order valence-electron chi connectivity index (χ4n) is 1.99. The molecule has 6 heteroatoms. The van der Waals surface area contributed by atoms with Crippen LogP contribution in [0.15, 0.2) is 24.3 Å². The van der Waals surface area contributed by atoms with Crippen molar-refractivity contribution in [1.29, 1.82) is 0 Å². The molecule has 104 valence electrons. The fourth-order valence-corrected chi connectivity index (χ4v) is 1.99. The Balaban J connectivity index is 2.04. The van der Waals surface area contributed by atoms with Gasteiger partial charge in [-0.25, -0.2) is 9.37 Å². The van der Waals surface area contributed by atoms with Crippen molar-refractivity contribution < 1.29 is 9.13 Å². The van der Waals surface area contributed by atoms with Gasteiger partial charge in [-0.05, 0) is 31.0 Å². The van der Waals surface area contributed by atoms with E-state index in [4.69, 9.17) is 10.5 Å². The highest BCUT2D eigenvalue weighted by Gasteiger charge is 2.22. The van der Waals surface area contributed by atoms with Gasteiger partial charge < -0.3 is 15.8 Å². The zero-order chi connectivity index (χ0) is 14.1. The number of methoxy groups -OCH3 is 1. The normalized spacial score (nSPS) is 14.1. The molecule has 20 heavy (non-hydrogen) atoms. The van der Waals surface area contributed by atoms with Crippen molar-refractivity contribution in [2.75, 3.05) is 18.2 Å². The van der Waals surface area contributed by atoms with E-state index in [2.05, 4.69) is 15.3 Å². The Morgan fingerprint density at radius 2 is 2.10 bits per heavy atom. The van der Waals surface area contributed by atoms with E-state index in [-0.39, 0.29) is 11.8 Å². The minimum Gasteiger partial charge on any atom is -0.496 e. The van der Waals surface area contributed by atoms with Gasteiger partial charge in [0.1, 0.15) is 17.4 Å². The quantitative estimate of drug-likeness (QED) is 0.896. The summed E-state index contributed by atoms with van der Waals surface area (Å²) in [6, 6.07) is 6.49. The van der Waals surface area contributed by atoms with Crippen LogP contribution in [0.25, 0.3) is 11.3 Å². The van der Waals surface area contributed by atoms with Crippen LogP contribution in [0.5, 0.6) is 5.75 Å². The summed E-state index contributed by atoms with van der Waals surface area (Å²) in [5, 5.41) is 3.25. The van der Waals surface area contributed by atoms with Gasteiger partial charge in [0.2, 0.25) is 5.95 Å². The molecule has 0 amide bonds. The molecule has 0 atom stereocenters. The van der Waals surface area contributed by atoms with Gasteiger partial charge in [0.05, 0.1) is 12.8 Å². The average molecular weight is 274 g/mol. The molecular formula is C14H15FN4O. The second-order valence-corrected chi connectivity index (χ2v) is 4.76. The SMILES string of the molecule is COc1ccc(F)cc1-c1cc(NC2CC2)nc(N)n1. The highest BCUT2D eigenvalue weighted by Crippen LogP contribution is 2.32. The van der Waals surface area contributed by atoms with Gasteiger partial charge in [-0.2, -0.15) is 4.98 Å². The zero-order valence-electron chi connectivity index (χ0n) is 11.1. The van der Waals surface area contributed by atoms with Crippen molar-refractivity contribution in [3.8, 4) is 17.0 Å². The van der Waals surface area contributed by atoms with E-state index >= 15 is 0 Å². The Hall–Kier alpha value is -2.37. The van der Waals surface area contributed by atoms with Gasteiger partial charge in [0.25, 0.3) is 0 Å². The van der Waals surface area contributed by atoms with Crippen molar-refractivity contribution >= 4 is 11.8 Å². The molecule has 5 nitrogen and oxygen atoms in total. The Morgan fingerprint density at radius 3 is 2.80 bits per heavy atom. The fraction of sp³-hybridized carbons (Fsp3) is 0.286. The van der Waals surface area contributed by atoms with E-state index in [1.54, 1.807) is 12.1 Å². The molecule has 0 unspecified atom stereocenters. The van der Waals surface area contributed by atoms with Crippen LogP contribution in [0.2, 0.25) is 0 Å². The molecule has 3 rings (SSSR count). The van der Waals surface area contributed by atoms with Gasteiger partial charge in [0, 0.05) is 17.7 Å². The zero-order valence-corrected chi connectivity index (χ0v) is 11.1. The van der Waals surface area contributed by atoms with Crippen LogP contribution in [0, 0.1) is 5.82 Å². The van der Waals surface area contributed by atoms with Gasteiger partial charge in [0.15, 0.2) is 0 Å². The number of hydrogen-bond acceptors (Lipinski definition) is 5. The molecular weight excluding hydrogens is 259 g/mol. The summed E-state index contributed by atoms with van der Waals surface area (Å²) < 4.78 is 18.7. The molecule has 1 aliphatic rings. The molecule has 1 aromatic heterocycles. The topological polar surface area (TPSA) is 73.1 Å². The lowest BCUT2D eigenvalue weighted by atomic mass is 10.1. The third kappa shape index (κ3) is 2.64. The van der Waals surface area contributed by atoms with Crippen LogP contribution in [0.3, 0.4) is 0 Å². The Kier molecular flexibility index (Phi) is 3.14. The lowest BCUT2D eigenvalue weighted by Crippen LogP contribution is -2.06. The van der Waals surface area contributed by atoms with Crippen LogP contribution in [-0.2, 0) is 0 Å². The molecule has 1 aliphatic carbocycles. The third-order valence-electron chi connectivity index (χ3n) is 3.11. The summed E-state index contributed by atoms with van der Waals surface area (Å²) in [4.78, 5) is 8.30. The minimum absolute atomic E-state index is 0.150. The molecule has 0 radical (unpaired) electrons. The maximum absolute atomic E-state index is 13.4. The van der Waals surface area contributed by atoms with Gasteiger partial charge in [-0.3, -0.25) is 0 Å². The summed E-state index contributed by atoms with van der Waals surface area (Å²) in [6.07, 6.45) is 2.26. The van der Waals surface area contributed by atoms with Crippen LogP contribution in [0.1, 0.15) is 12.8 Å². The first kappa shape index (κ1) is 12.7. The molecule has 0 bridgehead atoms. The van der Waals surface area contributed by atoms with E-state index in [0.717, 1.165) is 12.8 Å². The van der Waals surface area contributed by atoms with Crippen molar-refractivity contribution in [2.24, 2.45) is 0 Å². The average Bonchev–Trinajstić information content (AvgIpc) is 3.22. The lowest BCUT2D eigenvalue weighted by Gasteiger charge is -2.10. The molecule has 2 aromatic rings. The number of aromatic nitrogens is 2. The van der Waals surface area contributed by atoms with Crippen molar-refractivity contribution in [2.45, 2.75) is 18.9 Å². The molecule has 3 N–H and O–H groups in total. The smallest absolute Gasteiger partial charge is 0.222 e. The van der Waals surface area contributed by atoms with E-state index in [9.17, 15) is 4.39 Å². The number of nitrogen functional groups attached to an aromatic ring is 1. The number of nitrogens with one attached hydrogen (secondary N) is 1. The number of halogens is 1. The number of nitrogens with zero attached hydrogens (tertiary/aromatic N) is 2. The Morgan fingerprint density at radius 1 is 1.30 bits per heavy atom. The first-order valence-electron chi connectivity index (χ1n) is 6.41. The van der Waals surface area contributed by atoms with Crippen LogP contribution in [0.4, 0.5) is 16.2 Å². The summed E-state index contributed by atoms with van der Waals surface area (Å²) in [5.41, 5.74) is 6.82. The lowest BCUT2D eigenvalue weighted by molar-refractivity contribution is 0.415. The summed E-state index contributed by atoms with van der Waals surface area (Å²) in [5.74, 6) is 0.995. The number of nitrogens with two attached hydrogens (primary N) is 1. The maximum atomic E-state index is 13.4. The largest absolute Gasteiger partial charge is 0.496 e. The first-order chi connectivity index (χ1) is 9.65.